The molecule has 1 fully saturated rings. The molecular weight excluding hydrogens is 178 g/mol. The lowest BCUT2D eigenvalue weighted by atomic mass is 10.4. The molecule has 12 heavy (non-hydrogen) atoms. The topological polar surface area (TPSA) is 46.6 Å². The summed E-state index contributed by atoms with van der Waals surface area (Å²) in [6, 6.07) is 0. The maximum atomic E-state index is 11.0. The molecule has 0 aliphatic carbocycles. The van der Waals surface area contributed by atoms with Crippen LogP contribution in [0.15, 0.2) is 0 Å². The van der Waals surface area contributed by atoms with Gasteiger partial charge in [-0.2, -0.15) is 0 Å². The minimum Gasteiger partial charge on any atom is -0.362 e. The molecule has 0 radical (unpaired) electrons. The number of carbonyl (C=O) groups excluding carboxylic acids is 2. The SMILES string of the molecule is CCC(=S)ON1C(=O)CCC1=O. The van der Waals surface area contributed by atoms with Crippen LogP contribution in [0.1, 0.15) is 26.2 Å². The second kappa shape index (κ2) is 3.62. The quantitative estimate of drug-likeness (QED) is 0.474. The molecule has 1 saturated heterocycles. The van der Waals surface area contributed by atoms with Gasteiger partial charge in [0.25, 0.3) is 11.8 Å². The third-order valence-corrected chi connectivity index (χ3v) is 1.85. The average molecular weight is 187 g/mol. The molecule has 1 aliphatic heterocycles. The smallest absolute Gasteiger partial charge is 0.263 e. The van der Waals surface area contributed by atoms with Crippen LogP contribution >= 0.6 is 12.2 Å². The Hall–Kier alpha value is -0.970. The summed E-state index contributed by atoms with van der Waals surface area (Å²) >= 11 is 4.73. The molecule has 1 aliphatic rings. The molecule has 0 atom stereocenters. The first-order valence-electron chi connectivity index (χ1n) is 3.71. The van der Waals surface area contributed by atoms with Gasteiger partial charge in [-0.15, -0.1) is 5.06 Å². The zero-order valence-electron chi connectivity index (χ0n) is 6.70. The van der Waals surface area contributed by atoms with Crippen molar-refractivity contribution < 1.29 is 14.4 Å². The number of rotatable bonds is 2. The van der Waals surface area contributed by atoms with Gasteiger partial charge in [0.15, 0.2) is 5.05 Å². The number of hydroxylamine groups is 2. The monoisotopic (exact) mass is 187 g/mol. The van der Waals surface area contributed by atoms with Gasteiger partial charge >= 0.3 is 0 Å². The summed E-state index contributed by atoms with van der Waals surface area (Å²) in [5, 5.41) is 1.02. The van der Waals surface area contributed by atoms with Gasteiger partial charge in [0.2, 0.25) is 0 Å². The van der Waals surface area contributed by atoms with Crippen LogP contribution < -0.4 is 0 Å². The number of carbonyl (C=O) groups is 2. The summed E-state index contributed by atoms with van der Waals surface area (Å²) in [6.45, 7) is 1.80. The maximum absolute atomic E-state index is 11.0. The van der Waals surface area contributed by atoms with Gasteiger partial charge in [-0.1, -0.05) is 6.92 Å². The molecule has 0 unspecified atom stereocenters. The molecule has 0 aromatic carbocycles. The van der Waals surface area contributed by atoms with E-state index in [-0.39, 0.29) is 29.7 Å². The second-order valence-electron chi connectivity index (χ2n) is 2.40. The summed E-state index contributed by atoms with van der Waals surface area (Å²) < 4.78 is 0. The summed E-state index contributed by atoms with van der Waals surface area (Å²) in [5.41, 5.74) is 0. The lowest BCUT2D eigenvalue weighted by Gasteiger charge is -2.13. The number of thiocarbonyl (C=S) groups is 1. The second-order valence-corrected chi connectivity index (χ2v) is 2.85. The van der Waals surface area contributed by atoms with E-state index in [1.54, 1.807) is 6.92 Å². The van der Waals surface area contributed by atoms with Crippen LogP contribution in [0, 0.1) is 0 Å². The molecule has 2 amide bonds. The fourth-order valence-electron chi connectivity index (χ4n) is 0.824. The van der Waals surface area contributed by atoms with Gasteiger partial charge in [0.05, 0.1) is 0 Å². The molecule has 1 rings (SSSR count). The molecule has 1 heterocycles. The van der Waals surface area contributed by atoms with Crippen LogP contribution in [0.25, 0.3) is 0 Å². The Balaban J connectivity index is 2.56. The molecule has 0 N–H and O–H groups in total. The number of amides is 2. The van der Waals surface area contributed by atoms with E-state index in [1.165, 1.54) is 0 Å². The molecule has 0 saturated carbocycles. The first kappa shape index (κ1) is 9.12. The van der Waals surface area contributed by atoms with Gasteiger partial charge in [0.1, 0.15) is 0 Å². The van der Waals surface area contributed by atoms with E-state index in [4.69, 9.17) is 17.1 Å². The Morgan fingerprint density at radius 1 is 1.50 bits per heavy atom. The summed E-state index contributed by atoms with van der Waals surface area (Å²) in [7, 11) is 0. The maximum Gasteiger partial charge on any atom is 0.263 e. The molecular formula is C7H9NO3S. The molecule has 0 bridgehead atoms. The van der Waals surface area contributed by atoms with E-state index in [0.717, 1.165) is 5.06 Å². The normalized spacial score (nSPS) is 16.9. The van der Waals surface area contributed by atoms with Crippen molar-refractivity contribution in [1.29, 1.82) is 0 Å². The lowest BCUT2D eigenvalue weighted by molar-refractivity contribution is -0.167. The van der Waals surface area contributed by atoms with E-state index in [2.05, 4.69) is 0 Å². The van der Waals surface area contributed by atoms with Gasteiger partial charge < -0.3 is 4.84 Å². The number of imide groups is 1. The summed E-state index contributed by atoms with van der Waals surface area (Å²) in [4.78, 5) is 26.8. The largest absolute Gasteiger partial charge is 0.362 e. The van der Waals surface area contributed by atoms with E-state index in [1.807, 2.05) is 0 Å². The molecule has 66 valence electrons. The van der Waals surface area contributed by atoms with Crippen LogP contribution in [0.2, 0.25) is 0 Å². The van der Waals surface area contributed by atoms with Crippen molar-refractivity contribution >= 4 is 29.1 Å². The number of nitrogens with zero attached hydrogens (tertiary/aromatic N) is 1. The average Bonchev–Trinajstić information content (AvgIpc) is 2.35. The van der Waals surface area contributed by atoms with Crippen molar-refractivity contribution in [2.75, 3.05) is 0 Å². The van der Waals surface area contributed by atoms with Gasteiger partial charge in [-0.25, -0.2) is 0 Å². The first-order chi connectivity index (χ1) is 5.65. The van der Waals surface area contributed by atoms with E-state index < -0.39 is 0 Å². The molecule has 5 heteroatoms. The number of hydrogen-bond donors (Lipinski definition) is 0. The van der Waals surface area contributed by atoms with Gasteiger partial charge in [-0.3, -0.25) is 9.59 Å². The highest BCUT2D eigenvalue weighted by molar-refractivity contribution is 7.80. The number of hydrogen-bond acceptors (Lipinski definition) is 4. The van der Waals surface area contributed by atoms with Crippen LogP contribution in [0.4, 0.5) is 0 Å². The third kappa shape index (κ3) is 1.79. The minimum absolute atomic E-state index is 0.227. The highest BCUT2D eigenvalue weighted by atomic mass is 32.1. The van der Waals surface area contributed by atoms with Crippen molar-refractivity contribution in [3.8, 4) is 0 Å². The standard InChI is InChI=1S/C7H9NO3S/c1-2-7(12)11-8-5(9)3-4-6(8)10/h2-4H2,1H3. The molecule has 0 aromatic heterocycles. The van der Waals surface area contributed by atoms with Crippen molar-refractivity contribution in [2.24, 2.45) is 0 Å². The van der Waals surface area contributed by atoms with Crippen molar-refractivity contribution in [3.63, 3.8) is 0 Å². The van der Waals surface area contributed by atoms with Crippen molar-refractivity contribution in [2.45, 2.75) is 26.2 Å². The lowest BCUT2D eigenvalue weighted by Crippen LogP contribution is -2.31. The van der Waals surface area contributed by atoms with Crippen LogP contribution in [-0.4, -0.2) is 21.9 Å². The highest BCUT2D eigenvalue weighted by Gasteiger charge is 2.31. The molecule has 4 nitrogen and oxygen atoms in total. The van der Waals surface area contributed by atoms with Gasteiger partial charge in [0, 0.05) is 19.3 Å². The van der Waals surface area contributed by atoms with E-state index in [0.29, 0.717) is 6.42 Å². The van der Waals surface area contributed by atoms with Crippen molar-refractivity contribution in [3.05, 3.63) is 0 Å². The molecule has 0 spiro atoms. The zero-order chi connectivity index (χ0) is 9.14. The third-order valence-electron chi connectivity index (χ3n) is 1.49. The predicted molar refractivity (Wildman–Crippen MR) is 45.1 cm³/mol. The molecule has 0 aromatic rings. The minimum atomic E-state index is -0.309. The Kier molecular flexibility index (Phi) is 2.75. The fraction of sp³-hybridized carbons (Fsp3) is 0.571. The van der Waals surface area contributed by atoms with Crippen LogP contribution in [0.5, 0.6) is 0 Å². The van der Waals surface area contributed by atoms with Gasteiger partial charge in [-0.05, 0) is 12.2 Å². The fourth-order valence-corrected chi connectivity index (χ4v) is 0.899. The Labute approximate surface area is 75.4 Å². The van der Waals surface area contributed by atoms with Crippen LogP contribution in [-0.2, 0) is 14.4 Å². The summed E-state index contributed by atoms with van der Waals surface area (Å²) in [5.74, 6) is -0.619. The van der Waals surface area contributed by atoms with E-state index >= 15 is 0 Å². The Morgan fingerprint density at radius 2 is 2.00 bits per heavy atom. The highest BCUT2D eigenvalue weighted by Crippen LogP contribution is 2.12. The Morgan fingerprint density at radius 3 is 2.42 bits per heavy atom. The van der Waals surface area contributed by atoms with Crippen molar-refractivity contribution in [1.82, 2.24) is 5.06 Å². The van der Waals surface area contributed by atoms with E-state index in [9.17, 15) is 9.59 Å². The van der Waals surface area contributed by atoms with Crippen LogP contribution in [0.3, 0.4) is 0 Å². The zero-order valence-corrected chi connectivity index (χ0v) is 7.52. The summed E-state index contributed by atoms with van der Waals surface area (Å²) in [6.07, 6.45) is 0.975. The Bertz CT molecular complexity index is 223. The first-order valence-corrected chi connectivity index (χ1v) is 4.12. The predicted octanol–water partition coefficient (Wildman–Crippen LogP) is 0.804.